The Balaban J connectivity index is 1.62. The van der Waals surface area contributed by atoms with Crippen LogP contribution in [0.4, 0.5) is 0 Å². The molecule has 0 aromatic rings. The summed E-state index contributed by atoms with van der Waals surface area (Å²) in [4.78, 5) is 0. The molecule has 6 nitrogen and oxygen atoms in total. The van der Waals surface area contributed by atoms with Crippen LogP contribution in [0.15, 0.2) is 4.40 Å². The Bertz CT molecular complexity index is 471. The van der Waals surface area contributed by atoms with Crippen molar-refractivity contribution >= 4 is 16.0 Å². The Morgan fingerprint density at radius 2 is 1.95 bits per heavy atom. The highest BCUT2D eigenvalue weighted by Gasteiger charge is 2.41. The van der Waals surface area contributed by atoms with Crippen LogP contribution >= 0.6 is 0 Å². The first-order valence-electron chi connectivity index (χ1n) is 7.51. The van der Waals surface area contributed by atoms with Crippen LogP contribution in [0.2, 0.25) is 0 Å². The normalized spacial score (nSPS) is 36.4. The van der Waals surface area contributed by atoms with E-state index in [4.69, 9.17) is 9.47 Å². The molecule has 2 fully saturated rings. The molecule has 1 saturated carbocycles. The second kappa shape index (κ2) is 5.89. The van der Waals surface area contributed by atoms with Gasteiger partial charge in [0.2, 0.25) is 0 Å². The Hall–Kier alpha value is -0.820. The number of rotatable bonds is 2. The molecular weight excluding hydrogens is 280 g/mol. The van der Waals surface area contributed by atoms with Gasteiger partial charge in [-0.25, -0.2) is 8.42 Å². The van der Waals surface area contributed by atoms with Crippen LogP contribution in [0, 0.1) is 0 Å². The molecule has 20 heavy (non-hydrogen) atoms. The number of nitrogens with one attached hydrogen (secondary N) is 1. The van der Waals surface area contributed by atoms with Crippen molar-refractivity contribution in [2.75, 3.05) is 13.2 Å². The lowest BCUT2D eigenvalue weighted by molar-refractivity contribution is 0.0177. The zero-order valence-electron chi connectivity index (χ0n) is 11.6. The summed E-state index contributed by atoms with van der Waals surface area (Å²) in [7, 11) is -3.43. The first-order valence-corrected chi connectivity index (χ1v) is 9.01. The molecule has 1 N–H and O–H groups in total. The molecule has 2 aliphatic heterocycles. The number of nitrogens with zero attached hydrogens (tertiary/aromatic N) is 1. The molecule has 0 spiro atoms. The number of hydrogen-bond donors (Lipinski definition) is 1. The van der Waals surface area contributed by atoms with Crippen molar-refractivity contribution in [2.24, 2.45) is 4.40 Å². The minimum atomic E-state index is -3.43. The summed E-state index contributed by atoms with van der Waals surface area (Å²) in [6, 6.07) is 0.155. The van der Waals surface area contributed by atoms with Gasteiger partial charge in [0.05, 0.1) is 6.10 Å². The summed E-state index contributed by atoms with van der Waals surface area (Å²) in [6.45, 7) is 1.34. The molecule has 0 bridgehead atoms. The maximum Gasteiger partial charge on any atom is 0.300 e. The lowest BCUT2D eigenvalue weighted by atomic mass is 9.97. The van der Waals surface area contributed by atoms with E-state index in [-0.39, 0.29) is 18.2 Å². The Kier molecular flexibility index (Phi) is 4.16. The largest absolute Gasteiger partial charge is 0.460 e. The minimum absolute atomic E-state index is 0.127. The van der Waals surface area contributed by atoms with Crippen LogP contribution in [0.25, 0.3) is 0 Å². The Morgan fingerprint density at radius 3 is 2.75 bits per heavy atom. The van der Waals surface area contributed by atoms with Gasteiger partial charge in [0.15, 0.2) is 0 Å². The molecule has 0 amide bonds. The van der Waals surface area contributed by atoms with Crippen LogP contribution in [-0.4, -0.2) is 45.0 Å². The van der Waals surface area contributed by atoms with Gasteiger partial charge in [-0.05, 0) is 38.5 Å². The average Bonchev–Trinajstić information content (AvgIpc) is 2.46. The second-order valence-corrected chi connectivity index (χ2v) is 7.58. The van der Waals surface area contributed by atoms with Crippen LogP contribution in [-0.2, 0) is 19.5 Å². The standard InChI is InChI=1S/C13H22N2O4S/c16-20(17)12-7-2-1-6-11(12)19-13(15-20)14-9-10-5-3-4-8-18-10/h10-12H,1-9H2,(H,14,15). The van der Waals surface area contributed by atoms with Gasteiger partial charge in [-0.2, -0.15) is 0 Å². The molecule has 1 aliphatic carbocycles. The molecule has 3 aliphatic rings. The molecule has 3 unspecified atom stereocenters. The number of amidine groups is 1. The fourth-order valence-electron chi connectivity index (χ4n) is 3.13. The van der Waals surface area contributed by atoms with E-state index in [2.05, 4.69) is 9.71 Å². The van der Waals surface area contributed by atoms with Crippen molar-refractivity contribution in [3.8, 4) is 0 Å². The lowest BCUT2D eigenvalue weighted by Crippen LogP contribution is -2.48. The van der Waals surface area contributed by atoms with E-state index in [0.29, 0.717) is 13.0 Å². The summed E-state index contributed by atoms with van der Waals surface area (Å²) in [5.41, 5.74) is 0. The maximum absolute atomic E-state index is 12.1. The fraction of sp³-hybridized carbons (Fsp3) is 0.923. The van der Waals surface area contributed by atoms with E-state index >= 15 is 0 Å². The Morgan fingerprint density at radius 1 is 1.15 bits per heavy atom. The summed E-state index contributed by atoms with van der Waals surface area (Å²) in [5.74, 6) is 0. The number of hydrogen-bond acceptors (Lipinski definition) is 5. The third-order valence-electron chi connectivity index (χ3n) is 4.25. The summed E-state index contributed by atoms with van der Waals surface area (Å²) >= 11 is 0. The minimum Gasteiger partial charge on any atom is -0.460 e. The molecule has 0 radical (unpaired) electrons. The highest BCUT2D eigenvalue weighted by molar-refractivity contribution is 7.91. The Labute approximate surface area is 120 Å². The monoisotopic (exact) mass is 302 g/mol. The fourth-order valence-corrected chi connectivity index (χ4v) is 4.64. The SMILES string of the molecule is O=S1(=O)N=C(NCC2CCCCO2)OC2CCCCC21. The first-order chi connectivity index (χ1) is 9.65. The molecule has 0 aromatic heterocycles. The van der Waals surface area contributed by atoms with Crippen molar-refractivity contribution in [3.63, 3.8) is 0 Å². The van der Waals surface area contributed by atoms with Gasteiger partial charge in [0.25, 0.3) is 10.0 Å². The van der Waals surface area contributed by atoms with Gasteiger partial charge < -0.3 is 14.8 Å². The molecule has 3 rings (SSSR count). The molecule has 2 heterocycles. The van der Waals surface area contributed by atoms with Crippen molar-refractivity contribution in [1.82, 2.24) is 5.32 Å². The van der Waals surface area contributed by atoms with E-state index in [9.17, 15) is 8.42 Å². The number of fused-ring (bicyclic) bond motifs is 1. The molecular formula is C13H22N2O4S. The highest BCUT2D eigenvalue weighted by Crippen LogP contribution is 2.30. The third kappa shape index (κ3) is 3.09. The zero-order chi connectivity index (χ0) is 14.0. The highest BCUT2D eigenvalue weighted by atomic mass is 32.2. The topological polar surface area (TPSA) is 77.0 Å². The van der Waals surface area contributed by atoms with E-state index < -0.39 is 15.3 Å². The molecule has 0 aromatic carbocycles. The summed E-state index contributed by atoms with van der Waals surface area (Å²) < 4.78 is 39.4. The van der Waals surface area contributed by atoms with E-state index in [1.807, 2.05) is 0 Å². The lowest BCUT2D eigenvalue weighted by Gasteiger charge is -2.34. The molecule has 1 saturated heterocycles. The second-order valence-electron chi connectivity index (χ2n) is 5.76. The summed E-state index contributed by atoms with van der Waals surface area (Å²) in [5, 5.41) is 2.55. The predicted octanol–water partition coefficient (Wildman–Crippen LogP) is 1.17. The average molecular weight is 302 g/mol. The van der Waals surface area contributed by atoms with Gasteiger partial charge in [-0.3, -0.25) is 0 Å². The smallest absolute Gasteiger partial charge is 0.300 e. The first kappa shape index (κ1) is 14.1. The molecule has 114 valence electrons. The van der Waals surface area contributed by atoms with Gasteiger partial charge in [0.1, 0.15) is 11.4 Å². The zero-order valence-corrected chi connectivity index (χ0v) is 12.4. The molecule has 7 heteroatoms. The van der Waals surface area contributed by atoms with Crippen LogP contribution in [0.1, 0.15) is 44.9 Å². The van der Waals surface area contributed by atoms with Gasteiger partial charge in [-0.1, -0.05) is 6.42 Å². The van der Waals surface area contributed by atoms with Gasteiger partial charge in [0, 0.05) is 13.2 Å². The quantitative estimate of drug-likeness (QED) is 0.828. The van der Waals surface area contributed by atoms with Crippen molar-refractivity contribution in [2.45, 2.75) is 62.4 Å². The number of sulfonamides is 1. The predicted molar refractivity (Wildman–Crippen MR) is 75.1 cm³/mol. The van der Waals surface area contributed by atoms with Crippen molar-refractivity contribution in [3.05, 3.63) is 0 Å². The molecule has 3 atom stereocenters. The summed E-state index contributed by atoms with van der Waals surface area (Å²) in [6.07, 6.45) is 6.57. The van der Waals surface area contributed by atoms with E-state index in [1.165, 1.54) is 0 Å². The third-order valence-corrected chi connectivity index (χ3v) is 5.98. The van der Waals surface area contributed by atoms with Crippen molar-refractivity contribution < 1.29 is 17.9 Å². The van der Waals surface area contributed by atoms with Gasteiger partial charge in [-0.15, -0.1) is 4.40 Å². The van der Waals surface area contributed by atoms with Crippen LogP contribution in [0.3, 0.4) is 0 Å². The van der Waals surface area contributed by atoms with E-state index in [1.54, 1.807) is 0 Å². The van der Waals surface area contributed by atoms with Gasteiger partial charge >= 0.3 is 6.02 Å². The van der Waals surface area contributed by atoms with Crippen molar-refractivity contribution in [1.29, 1.82) is 0 Å². The number of ether oxygens (including phenoxy) is 2. The maximum atomic E-state index is 12.1. The van der Waals surface area contributed by atoms with Crippen LogP contribution in [0.5, 0.6) is 0 Å². The van der Waals surface area contributed by atoms with Crippen LogP contribution < -0.4 is 5.32 Å². The van der Waals surface area contributed by atoms with E-state index in [0.717, 1.165) is 45.1 Å².